The molecule has 1 rings (SSSR count). The van der Waals surface area contributed by atoms with Crippen molar-refractivity contribution in [2.45, 2.75) is 6.04 Å². The Morgan fingerprint density at radius 2 is 2.31 bits per heavy atom. The average molecular weight is 231 g/mol. The van der Waals surface area contributed by atoms with Crippen LogP contribution >= 0.6 is 0 Å². The van der Waals surface area contributed by atoms with Crippen molar-refractivity contribution in [2.75, 3.05) is 18.6 Å². The van der Waals surface area contributed by atoms with Gasteiger partial charge >= 0.3 is 0 Å². The van der Waals surface area contributed by atoms with Crippen LogP contribution in [0.2, 0.25) is 0 Å². The lowest BCUT2D eigenvalue weighted by Crippen LogP contribution is -2.44. The van der Waals surface area contributed by atoms with E-state index in [1.165, 1.54) is 7.05 Å². The van der Waals surface area contributed by atoms with E-state index in [4.69, 9.17) is 10.8 Å². The number of carbonyl (C=O) groups is 1. The van der Waals surface area contributed by atoms with Crippen LogP contribution in [0.3, 0.4) is 0 Å². The highest BCUT2D eigenvalue weighted by Crippen LogP contribution is 2.15. The number of aliphatic hydroxyl groups is 1. The first-order chi connectivity index (χ1) is 7.47. The number of amides is 1. The predicted octanol–water partition coefficient (Wildman–Crippen LogP) is -0.358. The molecule has 0 unspecified atom stereocenters. The molecule has 0 saturated heterocycles. The van der Waals surface area contributed by atoms with Gasteiger partial charge in [-0.15, -0.1) is 0 Å². The molecule has 5 nitrogen and oxygen atoms in total. The zero-order valence-electron chi connectivity index (χ0n) is 8.52. The van der Waals surface area contributed by atoms with E-state index in [-0.39, 0.29) is 5.82 Å². The topological polar surface area (TPSA) is 79.5 Å². The summed E-state index contributed by atoms with van der Waals surface area (Å²) in [5.41, 5.74) is 5.27. The van der Waals surface area contributed by atoms with Gasteiger partial charge in [0, 0.05) is 13.1 Å². The summed E-state index contributed by atoms with van der Waals surface area (Å²) in [5, 5.41) is 8.67. The van der Waals surface area contributed by atoms with Gasteiger partial charge in [0.15, 0.2) is 11.6 Å². The molecule has 0 saturated carbocycles. The third-order valence-corrected chi connectivity index (χ3v) is 1.95. The Kier molecular flexibility index (Phi) is 3.86. The van der Waals surface area contributed by atoms with Gasteiger partial charge in [-0.2, -0.15) is 0 Å². The maximum absolute atomic E-state index is 13.2. The maximum atomic E-state index is 13.2. The zero-order valence-corrected chi connectivity index (χ0v) is 8.52. The van der Waals surface area contributed by atoms with Gasteiger partial charge in [-0.1, -0.05) is 0 Å². The maximum Gasteiger partial charge on any atom is 0.247 e. The summed E-state index contributed by atoms with van der Waals surface area (Å²) in [6.45, 7) is -0.564. The third-order valence-electron chi connectivity index (χ3n) is 1.95. The molecule has 1 aromatic rings. The molecule has 16 heavy (non-hydrogen) atoms. The number of nitrogens with zero attached hydrogens (tertiary/aromatic N) is 2. The molecule has 0 bridgehead atoms. The summed E-state index contributed by atoms with van der Waals surface area (Å²) in [4.78, 5) is 15.7. The van der Waals surface area contributed by atoms with Gasteiger partial charge in [-0.3, -0.25) is 9.69 Å². The first kappa shape index (κ1) is 12.5. The Morgan fingerprint density at radius 3 is 2.81 bits per heavy atom. The second kappa shape index (κ2) is 4.95. The summed E-state index contributed by atoms with van der Waals surface area (Å²) in [6, 6.07) is -0.549. The molecule has 0 aromatic carbocycles. The number of aromatic nitrogens is 1. The monoisotopic (exact) mass is 231 g/mol. The van der Waals surface area contributed by atoms with Gasteiger partial charge < -0.3 is 10.8 Å². The first-order valence-electron chi connectivity index (χ1n) is 4.42. The van der Waals surface area contributed by atoms with E-state index >= 15 is 0 Å². The van der Waals surface area contributed by atoms with Crippen LogP contribution < -0.4 is 10.6 Å². The third kappa shape index (κ3) is 2.50. The quantitative estimate of drug-likeness (QED) is 0.744. The van der Waals surface area contributed by atoms with Crippen molar-refractivity contribution < 1.29 is 18.7 Å². The molecule has 0 spiro atoms. The number of anilines is 1. The van der Waals surface area contributed by atoms with Crippen LogP contribution in [-0.4, -0.2) is 35.7 Å². The number of likely N-dealkylation sites (N-methyl/N-ethyl adjacent to an activating group) is 1. The fraction of sp³-hybridized carbons (Fsp3) is 0.333. The van der Waals surface area contributed by atoms with E-state index in [1.807, 2.05) is 0 Å². The van der Waals surface area contributed by atoms with Crippen LogP contribution in [0.4, 0.5) is 14.6 Å². The van der Waals surface area contributed by atoms with Crippen molar-refractivity contribution in [3.8, 4) is 0 Å². The second-order valence-electron chi connectivity index (χ2n) is 3.15. The van der Waals surface area contributed by atoms with E-state index in [0.717, 1.165) is 11.1 Å². The molecule has 7 heteroatoms. The molecule has 1 heterocycles. The molecular formula is C9H11F2N3O2. The van der Waals surface area contributed by atoms with Crippen LogP contribution in [-0.2, 0) is 4.79 Å². The van der Waals surface area contributed by atoms with E-state index in [2.05, 4.69) is 4.98 Å². The molecule has 88 valence electrons. The van der Waals surface area contributed by atoms with Crippen LogP contribution in [0, 0.1) is 11.6 Å². The number of rotatable bonds is 3. The van der Waals surface area contributed by atoms with E-state index in [0.29, 0.717) is 6.07 Å². The van der Waals surface area contributed by atoms with Crippen LogP contribution in [0.15, 0.2) is 12.3 Å². The highest BCUT2D eigenvalue weighted by Gasteiger charge is 2.21. The summed E-state index contributed by atoms with van der Waals surface area (Å²) in [7, 11) is 1.24. The largest absolute Gasteiger partial charge is 0.394 e. The van der Waals surface area contributed by atoms with Crippen molar-refractivity contribution in [3.05, 3.63) is 23.9 Å². The highest BCUT2D eigenvalue weighted by molar-refractivity contribution is 5.95. The van der Waals surface area contributed by atoms with Gasteiger partial charge in [0.2, 0.25) is 5.91 Å². The fourth-order valence-electron chi connectivity index (χ4n) is 1.09. The lowest BCUT2D eigenvalue weighted by Gasteiger charge is -2.19. The van der Waals surface area contributed by atoms with Crippen molar-refractivity contribution in [3.63, 3.8) is 0 Å². The Bertz CT molecular complexity index is 400. The lowest BCUT2D eigenvalue weighted by molar-refractivity contribution is -0.120. The Morgan fingerprint density at radius 1 is 1.69 bits per heavy atom. The van der Waals surface area contributed by atoms with E-state index in [1.54, 1.807) is 0 Å². The molecule has 0 fully saturated rings. The summed E-state index contributed by atoms with van der Waals surface area (Å²) in [5.74, 6) is -2.86. The van der Waals surface area contributed by atoms with E-state index < -0.39 is 30.2 Å². The van der Waals surface area contributed by atoms with Gasteiger partial charge in [0.05, 0.1) is 12.8 Å². The minimum Gasteiger partial charge on any atom is -0.394 e. The SMILES string of the molecule is CN(C(=O)[C@@H](N)CO)c1ncc(F)cc1F. The van der Waals surface area contributed by atoms with Gasteiger partial charge in [-0.25, -0.2) is 13.8 Å². The Balaban J connectivity index is 2.96. The van der Waals surface area contributed by atoms with Crippen LogP contribution in [0.25, 0.3) is 0 Å². The van der Waals surface area contributed by atoms with Crippen LogP contribution in [0.5, 0.6) is 0 Å². The number of hydrogen-bond acceptors (Lipinski definition) is 4. The molecule has 1 amide bonds. The molecule has 0 aliphatic carbocycles. The summed E-state index contributed by atoms with van der Waals surface area (Å²) < 4.78 is 25.8. The minimum atomic E-state index is -1.16. The number of halogens is 2. The van der Waals surface area contributed by atoms with Gasteiger partial charge in [0.1, 0.15) is 11.9 Å². The van der Waals surface area contributed by atoms with Gasteiger partial charge in [0.25, 0.3) is 0 Å². The highest BCUT2D eigenvalue weighted by atomic mass is 19.1. The van der Waals surface area contributed by atoms with Crippen molar-refractivity contribution >= 4 is 11.7 Å². The number of pyridine rings is 1. The predicted molar refractivity (Wildman–Crippen MR) is 52.6 cm³/mol. The zero-order chi connectivity index (χ0) is 12.3. The minimum absolute atomic E-state index is 0.338. The second-order valence-corrected chi connectivity index (χ2v) is 3.15. The summed E-state index contributed by atoms with van der Waals surface area (Å²) in [6.07, 6.45) is 0.784. The Labute approximate surface area is 90.5 Å². The first-order valence-corrected chi connectivity index (χ1v) is 4.42. The average Bonchev–Trinajstić information content (AvgIpc) is 2.26. The number of aliphatic hydroxyl groups excluding tert-OH is 1. The van der Waals surface area contributed by atoms with Crippen LogP contribution in [0.1, 0.15) is 0 Å². The fourth-order valence-corrected chi connectivity index (χ4v) is 1.09. The normalized spacial score (nSPS) is 12.3. The number of hydrogen-bond donors (Lipinski definition) is 2. The number of carbonyl (C=O) groups excluding carboxylic acids is 1. The van der Waals surface area contributed by atoms with Gasteiger partial charge in [-0.05, 0) is 0 Å². The van der Waals surface area contributed by atoms with Crippen molar-refractivity contribution in [2.24, 2.45) is 5.73 Å². The lowest BCUT2D eigenvalue weighted by atomic mass is 10.3. The molecule has 1 atom stereocenters. The molecule has 1 aromatic heterocycles. The van der Waals surface area contributed by atoms with Crippen molar-refractivity contribution in [1.29, 1.82) is 0 Å². The molecule has 3 N–H and O–H groups in total. The molecular weight excluding hydrogens is 220 g/mol. The summed E-state index contributed by atoms with van der Waals surface area (Å²) >= 11 is 0. The number of nitrogens with two attached hydrogens (primary N) is 1. The Hall–Kier alpha value is -1.60. The molecule has 0 aliphatic heterocycles. The van der Waals surface area contributed by atoms with E-state index in [9.17, 15) is 13.6 Å². The van der Waals surface area contributed by atoms with Crippen molar-refractivity contribution in [1.82, 2.24) is 4.98 Å². The molecule has 0 aliphatic rings. The standard InChI is InChI=1S/C9H11F2N3O2/c1-14(9(16)7(12)4-15)8-6(11)2-5(10)3-13-8/h2-3,7,15H,4,12H2,1H3/t7-/m0/s1. The smallest absolute Gasteiger partial charge is 0.247 e. The molecule has 0 radical (unpaired) electrons.